The van der Waals surface area contributed by atoms with Gasteiger partial charge in [-0.05, 0) is 62.7 Å². The van der Waals surface area contributed by atoms with E-state index in [1.807, 2.05) is 0 Å². The van der Waals surface area contributed by atoms with Crippen LogP contribution in [0.2, 0.25) is 0 Å². The second-order valence-electron chi connectivity index (χ2n) is 6.50. The lowest BCUT2D eigenvalue weighted by atomic mass is 10.1. The van der Waals surface area contributed by atoms with Gasteiger partial charge < -0.3 is 4.79 Å². The maximum Gasteiger partial charge on any atom is 0.120 e. The minimum atomic E-state index is 0.697. The molecule has 1 rings (SSSR count). The average Bonchev–Trinajstić information content (AvgIpc) is 2.94. The van der Waals surface area contributed by atoms with E-state index in [4.69, 9.17) is 0 Å². The van der Waals surface area contributed by atoms with Crippen molar-refractivity contribution in [1.82, 2.24) is 0 Å². The van der Waals surface area contributed by atoms with Crippen LogP contribution in [0.25, 0.3) is 0 Å². The third-order valence-electron chi connectivity index (χ3n) is 4.37. The van der Waals surface area contributed by atoms with Crippen LogP contribution in [0.15, 0.2) is 23.1 Å². The molecule has 0 saturated heterocycles. The van der Waals surface area contributed by atoms with Crippen molar-refractivity contribution in [2.75, 3.05) is 0 Å². The zero-order valence-corrected chi connectivity index (χ0v) is 15.4. The monoisotopic (exact) mass is 322 g/mol. The molecule has 22 heavy (non-hydrogen) atoms. The van der Waals surface area contributed by atoms with Crippen molar-refractivity contribution in [2.45, 2.75) is 89.7 Å². The van der Waals surface area contributed by atoms with E-state index in [9.17, 15) is 4.79 Å². The largest absolute Gasteiger partial charge is 0.303 e. The Hall–Kier alpha value is -0.500. The first-order chi connectivity index (χ1) is 10.8. The molecule has 0 aromatic carbocycles. The molecular formula is C20H34OS. The molecule has 0 spiro atoms. The molecule has 0 amide bonds. The van der Waals surface area contributed by atoms with Gasteiger partial charge in [-0.2, -0.15) is 0 Å². The van der Waals surface area contributed by atoms with Crippen LogP contribution in [-0.2, 0) is 4.79 Å². The highest BCUT2D eigenvalue weighted by molar-refractivity contribution is 8.03. The third kappa shape index (κ3) is 9.50. The van der Waals surface area contributed by atoms with Crippen LogP contribution in [0.4, 0.5) is 0 Å². The van der Waals surface area contributed by atoms with Gasteiger partial charge in [0.2, 0.25) is 0 Å². The van der Waals surface area contributed by atoms with E-state index in [1.54, 1.807) is 0 Å². The SMILES string of the molecule is CCCCCC/C=C/C1CC[C@H](S/C(C)=C\CCCC=O)C1. The Morgan fingerprint density at radius 3 is 2.73 bits per heavy atom. The summed E-state index contributed by atoms with van der Waals surface area (Å²) in [5.41, 5.74) is 0. The fourth-order valence-electron chi connectivity index (χ4n) is 3.05. The van der Waals surface area contributed by atoms with E-state index in [1.165, 1.54) is 56.3 Å². The molecule has 0 aliphatic heterocycles. The summed E-state index contributed by atoms with van der Waals surface area (Å²) in [5, 5.41) is 0.803. The second kappa shape index (κ2) is 13.0. The Labute approximate surface area is 142 Å². The average molecular weight is 323 g/mol. The Morgan fingerprint density at radius 2 is 1.95 bits per heavy atom. The van der Waals surface area contributed by atoms with Crippen LogP contribution < -0.4 is 0 Å². The van der Waals surface area contributed by atoms with E-state index >= 15 is 0 Å². The van der Waals surface area contributed by atoms with Crippen LogP contribution in [0.5, 0.6) is 0 Å². The van der Waals surface area contributed by atoms with Crippen molar-refractivity contribution in [3.63, 3.8) is 0 Å². The Bertz CT molecular complexity index is 346. The van der Waals surface area contributed by atoms with Crippen LogP contribution in [0.3, 0.4) is 0 Å². The summed E-state index contributed by atoms with van der Waals surface area (Å²) in [6, 6.07) is 0. The summed E-state index contributed by atoms with van der Waals surface area (Å²) in [4.78, 5) is 11.7. The summed E-state index contributed by atoms with van der Waals surface area (Å²) < 4.78 is 0. The van der Waals surface area contributed by atoms with Crippen molar-refractivity contribution in [3.05, 3.63) is 23.1 Å². The van der Waals surface area contributed by atoms with Gasteiger partial charge in [0.25, 0.3) is 0 Å². The first-order valence-electron chi connectivity index (χ1n) is 9.20. The lowest BCUT2D eigenvalue weighted by Gasteiger charge is -2.09. The van der Waals surface area contributed by atoms with Crippen LogP contribution in [0.1, 0.15) is 84.5 Å². The van der Waals surface area contributed by atoms with Crippen LogP contribution >= 0.6 is 11.8 Å². The summed E-state index contributed by atoms with van der Waals surface area (Å²) in [6.07, 6.45) is 21.8. The molecule has 1 nitrogen and oxygen atoms in total. The molecule has 2 atom stereocenters. The maximum atomic E-state index is 10.3. The van der Waals surface area contributed by atoms with E-state index in [0.717, 1.165) is 30.3 Å². The third-order valence-corrected chi connectivity index (χ3v) is 5.67. The van der Waals surface area contributed by atoms with E-state index < -0.39 is 0 Å². The Balaban J connectivity index is 2.14. The molecule has 1 saturated carbocycles. The molecule has 1 unspecified atom stereocenters. The zero-order valence-electron chi connectivity index (χ0n) is 14.6. The number of carbonyl (C=O) groups is 1. The number of rotatable bonds is 12. The second-order valence-corrected chi connectivity index (χ2v) is 8.05. The van der Waals surface area contributed by atoms with Crippen LogP contribution in [0, 0.1) is 5.92 Å². The highest BCUT2D eigenvalue weighted by Crippen LogP contribution is 2.38. The summed E-state index contributed by atoms with van der Waals surface area (Å²) in [7, 11) is 0. The molecule has 0 aromatic rings. The van der Waals surface area contributed by atoms with E-state index in [-0.39, 0.29) is 0 Å². The molecule has 0 bridgehead atoms. The molecule has 0 heterocycles. The standard InChI is InChI=1S/C20H34OS/c1-3-4-5-6-7-10-13-19-14-15-20(17-19)22-18(2)12-9-8-11-16-21/h10,12-13,16,19-20H,3-9,11,14-15,17H2,1-2H3/b13-10+,18-12-/t19?,20-/m0/s1. The van der Waals surface area contributed by atoms with Gasteiger partial charge in [0, 0.05) is 11.7 Å². The minimum Gasteiger partial charge on any atom is -0.303 e. The molecular weight excluding hydrogens is 288 g/mol. The topological polar surface area (TPSA) is 17.1 Å². The van der Waals surface area contributed by atoms with Crippen molar-refractivity contribution >= 4 is 18.0 Å². The molecule has 0 aromatic heterocycles. The van der Waals surface area contributed by atoms with Crippen molar-refractivity contribution in [2.24, 2.45) is 5.92 Å². The molecule has 0 radical (unpaired) electrons. The number of carbonyl (C=O) groups excluding carboxylic acids is 1. The highest BCUT2D eigenvalue weighted by Gasteiger charge is 2.23. The van der Waals surface area contributed by atoms with Gasteiger partial charge in [-0.1, -0.05) is 44.4 Å². The lowest BCUT2D eigenvalue weighted by Crippen LogP contribution is -1.96. The smallest absolute Gasteiger partial charge is 0.120 e. The van der Waals surface area contributed by atoms with Gasteiger partial charge in [-0.25, -0.2) is 0 Å². The zero-order chi connectivity index (χ0) is 16.0. The van der Waals surface area contributed by atoms with Gasteiger partial charge in [-0.3, -0.25) is 0 Å². The Kier molecular flexibility index (Phi) is 11.5. The number of thioether (sulfide) groups is 1. The molecule has 0 N–H and O–H groups in total. The predicted octanol–water partition coefficient (Wildman–Crippen LogP) is 6.69. The maximum absolute atomic E-state index is 10.3. The fourth-order valence-corrected chi connectivity index (χ4v) is 4.39. The van der Waals surface area contributed by atoms with Gasteiger partial charge in [0.05, 0.1) is 0 Å². The first kappa shape index (κ1) is 19.5. The molecule has 1 aliphatic carbocycles. The predicted molar refractivity (Wildman–Crippen MR) is 100 cm³/mol. The quantitative estimate of drug-likeness (QED) is 0.226. The normalized spacial score (nSPS) is 22.5. The number of unbranched alkanes of at least 4 members (excludes halogenated alkanes) is 6. The van der Waals surface area contributed by atoms with Gasteiger partial charge >= 0.3 is 0 Å². The number of allylic oxidation sites excluding steroid dienone is 4. The lowest BCUT2D eigenvalue weighted by molar-refractivity contribution is -0.107. The van der Waals surface area contributed by atoms with E-state index in [2.05, 4.69) is 43.8 Å². The van der Waals surface area contributed by atoms with Crippen LogP contribution in [-0.4, -0.2) is 11.5 Å². The summed E-state index contributed by atoms with van der Waals surface area (Å²) in [5.74, 6) is 0.812. The number of aldehydes is 1. The molecule has 2 heteroatoms. The molecule has 1 aliphatic rings. The van der Waals surface area contributed by atoms with Gasteiger partial charge in [-0.15, -0.1) is 11.8 Å². The number of hydrogen-bond donors (Lipinski definition) is 0. The van der Waals surface area contributed by atoms with Gasteiger partial charge in [0.1, 0.15) is 6.29 Å². The van der Waals surface area contributed by atoms with E-state index in [0.29, 0.717) is 6.42 Å². The number of hydrogen-bond acceptors (Lipinski definition) is 2. The Morgan fingerprint density at radius 1 is 1.09 bits per heavy atom. The van der Waals surface area contributed by atoms with Crippen molar-refractivity contribution < 1.29 is 4.79 Å². The fraction of sp³-hybridized carbons (Fsp3) is 0.750. The minimum absolute atomic E-state index is 0.697. The summed E-state index contributed by atoms with van der Waals surface area (Å²) >= 11 is 2.06. The first-order valence-corrected chi connectivity index (χ1v) is 10.1. The van der Waals surface area contributed by atoms with Crippen molar-refractivity contribution in [3.8, 4) is 0 Å². The molecule has 1 fully saturated rings. The summed E-state index contributed by atoms with van der Waals surface area (Å²) in [6.45, 7) is 4.49. The highest BCUT2D eigenvalue weighted by atomic mass is 32.2. The molecule has 126 valence electrons. The van der Waals surface area contributed by atoms with Gasteiger partial charge in [0.15, 0.2) is 0 Å². The van der Waals surface area contributed by atoms with Crippen molar-refractivity contribution in [1.29, 1.82) is 0 Å².